The molecule has 0 bridgehead atoms. The molecule has 21 N–H and O–H groups in total. The Morgan fingerprint density at radius 3 is 1.69 bits per heavy atom. The fourth-order valence-corrected chi connectivity index (χ4v) is 7.87. The number of ether oxygens (including phenoxy) is 8. The summed E-state index contributed by atoms with van der Waals surface area (Å²) in [5.41, 5.74) is -2.60. The molecule has 34 heteroatoms. The standard InChI is InChI=1S/C47H79N5O29/c1-8-25(61)34(62)40(68)45(73)74-14-11-27(35(63)30(42(69)70)50-19(3)57)77-44(72)31(51-20(4)58)36(64)26(10-13-54)78-47-33(52-21(5)59)39(67)41(28(16-55)79-47)81-43(71)24(49-18(2)56)15-23(9-12-53)76-46-32(48-7)38(66)37(65)29(80-46)17-75-22(6)60/h15,23,25-29,32-33,37-39,41-48,53-55,61-73H,8-14,16-17H2,1-7H3,(H,49,56)(H,50,57)(H,51,58)(H,52,59)/b24-15-,35-30-,36-31-,40-34+. The number of aliphatic hydroxyl groups is 16. The molecule has 0 aromatic carbocycles. The third-order valence-corrected chi connectivity index (χ3v) is 11.8. The maximum Gasteiger partial charge on any atom is 0.302 e. The molecule has 2 aliphatic rings. The van der Waals surface area contributed by atoms with Gasteiger partial charge in [0.2, 0.25) is 36.2 Å². The smallest absolute Gasteiger partial charge is 0.302 e. The van der Waals surface area contributed by atoms with Crippen LogP contribution in [0, 0.1) is 0 Å². The van der Waals surface area contributed by atoms with E-state index in [0.29, 0.717) is 0 Å². The van der Waals surface area contributed by atoms with E-state index in [1.54, 1.807) is 0 Å². The van der Waals surface area contributed by atoms with Crippen LogP contribution in [0.5, 0.6) is 0 Å². The number of carbonyl (C=O) groups is 5. The average molecular weight is 1180 g/mol. The Morgan fingerprint density at radius 2 is 1.17 bits per heavy atom. The van der Waals surface area contributed by atoms with Crippen molar-refractivity contribution in [2.24, 2.45) is 0 Å². The number of likely N-dealkylation sites (N-methyl/N-ethyl adjacent to an activating group) is 1. The fraction of sp³-hybridized carbons (Fsp3) is 0.723. The Hall–Kier alpha value is -5.29. The van der Waals surface area contributed by atoms with Crippen LogP contribution in [0.15, 0.2) is 46.2 Å². The molecule has 17 unspecified atom stereocenters. The van der Waals surface area contributed by atoms with Crippen molar-refractivity contribution in [3.63, 3.8) is 0 Å². The summed E-state index contributed by atoms with van der Waals surface area (Å²) in [6, 6.07) is -2.99. The van der Waals surface area contributed by atoms with Crippen LogP contribution in [0.4, 0.5) is 0 Å². The van der Waals surface area contributed by atoms with Crippen molar-refractivity contribution >= 4 is 29.6 Å². The molecule has 0 radical (unpaired) electrons. The van der Waals surface area contributed by atoms with E-state index in [0.717, 1.165) is 40.7 Å². The quantitative estimate of drug-likeness (QED) is 0.0165. The van der Waals surface area contributed by atoms with Gasteiger partial charge in [0.25, 0.3) is 0 Å². The Labute approximate surface area is 463 Å². The van der Waals surface area contributed by atoms with Gasteiger partial charge in [-0.1, -0.05) is 6.92 Å². The summed E-state index contributed by atoms with van der Waals surface area (Å²) in [4.78, 5) is 61.2. The Balaban J connectivity index is 2.64. The van der Waals surface area contributed by atoms with E-state index < -0.39 is 226 Å². The molecule has 17 atom stereocenters. The summed E-state index contributed by atoms with van der Waals surface area (Å²) in [7, 11) is 1.39. The first-order valence-corrected chi connectivity index (χ1v) is 25.1. The normalized spacial score (nSPS) is 27.0. The number of hydrogen-bond donors (Lipinski definition) is 21. The van der Waals surface area contributed by atoms with Crippen molar-refractivity contribution in [3.8, 4) is 0 Å². The molecule has 34 nitrogen and oxygen atoms in total. The predicted molar refractivity (Wildman–Crippen MR) is 267 cm³/mol. The van der Waals surface area contributed by atoms with E-state index in [1.807, 2.05) is 5.32 Å². The lowest BCUT2D eigenvalue weighted by Gasteiger charge is -2.45. The monoisotopic (exact) mass is 1180 g/mol. The average Bonchev–Trinajstić information content (AvgIpc) is 3.50. The molecule has 2 heterocycles. The van der Waals surface area contributed by atoms with Crippen molar-refractivity contribution in [1.82, 2.24) is 26.6 Å². The van der Waals surface area contributed by atoms with Gasteiger partial charge in [0.05, 0.1) is 31.1 Å². The zero-order valence-electron chi connectivity index (χ0n) is 45.3. The Kier molecular flexibility index (Phi) is 31.0. The van der Waals surface area contributed by atoms with Crippen molar-refractivity contribution < 1.29 is 144 Å². The van der Waals surface area contributed by atoms with Crippen LogP contribution in [0.1, 0.15) is 67.2 Å². The number of amides is 4. The summed E-state index contributed by atoms with van der Waals surface area (Å²) in [5.74, 6) is -9.23. The van der Waals surface area contributed by atoms with Gasteiger partial charge >= 0.3 is 5.97 Å². The Morgan fingerprint density at radius 1 is 0.605 bits per heavy atom. The van der Waals surface area contributed by atoms with Crippen LogP contribution in [0.3, 0.4) is 0 Å². The van der Waals surface area contributed by atoms with Crippen LogP contribution in [-0.2, 0) is 61.9 Å². The van der Waals surface area contributed by atoms with E-state index in [1.165, 1.54) is 14.0 Å². The maximum absolute atomic E-state index is 12.7. The van der Waals surface area contributed by atoms with E-state index >= 15 is 0 Å². The van der Waals surface area contributed by atoms with E-state index in [9.17, 15) is 106 Å². The summed E-state index contributed by atoms with van der Waals surface area (Å²) >= 11 is 0. The lowest BCUT2D eigenvalue weighted by atomic mass is 9.96. The van der Waals surface area contributed by atoms with Crippen molar-refractivity contribution in [2.75, 3.05) is 40.1 Å². The largest absolute Gasteiger partial charge is 0.507 e. The van der Waals surface area contributed by atoms with Crippen LogP contribution < -0.4 is 26.6 Å². The van der Waals surface area contributed by atoms with E-state index in [2.05, 4.69) is 21.3 Å². The molecular weight excluding hydrogens is 1100 g/mol. The van der Waals surface area contributed by atoms with Gasteiger partial charge in [-0.05, 0) is 19.5 Å². The molecule has 0 aromatic heterocycles. The lowest BCUT2D eigenvalue weighted by molar-refractivity contribution is -0.303. The number of carbonyl (C=O) groups excluding carboxylic acids is 5. The number of hydrogen-bond acceptors (Lipinski definition) is 30. The highest BCUT2D eigenvalue weighted by molar-refractivity contribution is 5.76. The number of aliphatic hydroxyl groups excluding tert-OH is 15. The molecule has 2 rings (SSSR count). The second-order valence-corrected chi connectivity index (χ2v) is 18.2. The highest BCUT2D eigenvalue weighted by Crippen LogP contribution is 2.31. The fourth-order valence-electron chi connectivity index (χ4n) is 7.87. The second-order valence-electron chi connectivity index (χ2n) is 18.2. The van der Waals surface area contributed by atoms with Gasteiger partial charge in [-0.15, -0.1) is 0 Å². The van der Waals surface area contributed by atoms with Gasteiger partial charge in [0.1, 0.15) is 90.5 Å². The second kappa shape index (κ2) is 35.0. The van der Waals surface area contributed by atoms with Crippen LogP contribution in [0.2, 0.25) is 0 Å². The lowest BCUT2D eigenvalue weighted by Crippen LogP contribution is -2.66. The topological polar surface area (TPSA) is 543 Å². The minimum atomic E-state index is -2.66. The molecule has 0 aliphatic carbocycles. The van der Waals surface area contributed by atoms with Crippen LogP contribution >= 0.6 is 0 Å². The van der Waals surface area contributed by atoms with Gasteiger partial charge < -0.3 is 146 Å². The van der Waals surface area contributed by atoms with Crippen molar-refractivity contribution in [3.05, 3.63) is 46.2 Å². The Bertz CT molecular complexity index is 2160. The molecule has 466 valence electrons. The van der Waals surface area contributed by atoms with Crippen LogP contribution in [-0.4, -0.2) is 262 Å². The molecule has 2 saturated heterocycles. The molecule has 2 aliphatic heterocycles. The molecule has 4 amide bonds. The molecule has 81 heavy (non-hydrogen) atoms. The third-order valence-electron chi connectivity index (χ3n) is 11.8. The highest BCUT2D eigenvalue weighted by atomic mass is 16.7. The van der Waals surface area contributed by atoms with E-state index in [4.69, 9.17) is 37.9 Å². The minimum Gasteiger partial charge on any atom is -0.507 e. The zero-order chi connectivity index (χ0) is 61.6. The molecular formula is C47H79N5O29. The predicted octanol–water partition coefficient (Wildman–Crippen LogP) is -6.92. The summed E-state index contributed by atoms with van der Waals surface area (Å²) in [6.07, 6.45) is -31.6. The first-order chi connectivity index (χ1) is 38.0. The maximum atomic E-state index is 12.7. The number of nitrogens with one attached hydrogen (secondary N) is 5. The van der Waals surface area contributed by atoms with Gasteiger partial charge in [-0.3, -0.25) is 24.0 Å². The minimum absolute atomic E-state index is 0.113. The molecule has 0 saturated carbocycles. The van der Waals surface area contributed by atoms with Gasteiger partial charge in [-0.2, -0.15) is 0 Å². The zero-order valence-corrected chi connectivity index (χ0v) is 45.3. The summed E-state index contributed by atoms with van der Waals surface area (Å²) in [5, 5.41) is 182. The SMILES string of the molecule is CCC(O)/C(O)=C(\O)C(O)OCCC(OC(O)/C(NC(C)=O)=C(/O)C(CCO)OC1OC(CO)C(OC(O)/C(=C/C(CCO)OC2OC(COC(C)=O)C(O)C(O)C2NC)NC(C)=O)C(O)C1NC(C)=O)/C(O)=C(/NC(C)=O)C(O)O. The van der Waals surface area contributed by atoms with Gasteiger partial charge in [-0.25, -0.2) is 0 Å². The van der Waals surface area contributed by atoms with Crippen LogP contribution in [0.25, 0.3) is 0 Å². The molecule has 0 aromatic rings. The van der Waals surface area contributed by atoms with Crippen molar-refractivity contribution in [1.29, 1.82) is 0 Å². The van der Waals surface area contributed by atoms with Gasteiger partial charge in [0.15, 0.2) is 36.7 Å². The highest BCUT2D eigenvalue weighted by Gasteiger charge is 2.50. The summed E-state index contributed by atoms with van der Waals surface area (Å²) in [6.45, 7) is 2.37. The first-order valence-electron chi connectivity index (χ1n) is 25.1. The van der Waals surface area contributed by atoms with Crippen molar-refractivity contribution in [2.45, 2.75) is 178 Å². The molecule has 2 fully saturated rings. The van der Waals surface area contributed by atoms with E-state index in [-0.39, 0.29) is 12.8 Å². The number of esters is 1. The third kappa shape index (κ3) is 22.1. The first kappa shape index (κ1) is 71.8. The summed E-state index contributed by atoms with van der Waals surface area (Å²) < 4.78 is 44.9. The number of rotatable bonds is 33. The van der Waals surface area contributed by atoms with Gasteiger partial charge in [0, 0.05) is 67.1 Å². The molecule has 0 spiro atoms.